The second-order valence-electron chi connectivity index (χ2n) is 7.67. The molecule has 1 unspecified atom stereocenters. The third-order valence-electron chi connectivity index (χ3n) is 4.10. The fourth-order valence-electron chi connectivity index (χ4n) is 1.54. The Morgan fingerprint density at radius 1 is 1.05 bits per heavy atom. The van der Waals surface area contributed by atoms with Gasteiger partial charge in [0.25, 0.3) is 0 Å². The molecule has 0 fully saturated rings. The van der Waals surface area contributed by atoms with Crippen molar-refractivity contribution in [1.29, 1.82) is 0 Å². The van der Waals surface area contributed by atoms with Crippen molar-refractivity contribution in [2.45, 2.75) is 61.0 Å². The molecule has 1 atom stereocenters. The topological polar surface area (TPSA) is 41.5 Å². The van der Waals surface area contributed by atoms with Gasteiger partial charge in [-0.3, -0.25) is 0 Å². The van der Waals surface area contributed by atoms with E-state index in [4.69, 9.17) is 4.74 Å². The summed E-state index contributed by atoms with van der Waals surface area (Å²) in [7, 11) is 0. The first kappa shape index (κ1) is 18.9. The molecule has 0 aliphatic rings. The number of hydrogen-bond donors (Lipinski definition) is 2. The van der Waals surface area contributed by atoms with Crippen molar-refractivity contribution in [3.8, 4) is 0 Å². The van der Waals surface area contributed by atoms with Gasteiger partial charge >= 0.3 is 0 Å². The van der Waals surface area contributed by atoms with Gasteiger partial charge in [0.2, 0.25) is 0 Å². The van der Waals surface area contributed by atoms with Crippen molar-refractivity contribution in [2.24, 2.45) is 16.7 Å². The van der Waals surface area contributed by atoms with Crippen LogP contribution in [0.5, 0.6) is 0 Å². The minimum atomic E-state index is -0.406. The third-order valence-corrected chi connectivity index (χ3v) is 4.10. The van der Waals surface area contributed by atoms with E-state index in [2.05, 4.69) is 53.8 Å². The molecule has 0 amide bonds. The molecule has 3 nitrogen and oxygen atoms in total. The van der Waals surface area contributed by atoms with Crippen molar-refractivity contribution in [3.05, 3.63) is 0 Å². The van der Waals surface area contributed by atoms with Crippen LogP contribution in [0.4, 0.5) is 0 Å². The van der Waals surface area contributed by atoms with Crippen LogP contribution in [-0.2, 0) is 4.74 Å². The summed E-state index contributed by atoms with van der Waals surface area (Å²) >= 11 is 0. The van der Waals surface area contributed by atoms with E-state index in [-0.39, 0.29) is 0 Å². The first-order valence-corrected chi connectivity index (χ1v) is 7.53. The van der Waals surface area contributed by atoms with Gasteiger partial charge in [0.05, 0.1) is 12.7 Å². The van der Waals surface area contributed by atoms with Gasteiger partial charge in [-0.05, 0) is 29.7 Å². The normalized spacial score (nSPS) is 15.0. The quantitative estimate of drug-likeness (QED) is 0.634. The summed E-state index contributed by atoms with van der Waals surface area (Å²) in [6.45, 7) is 18.3. The Morgan fingerprint density at radius 3 is 2.11 bits per heavy atom. The van der Waals surface area contributed by atoms with Gasteiger partial charge in [-0.25, -0.2) is 0 Å². The highest BCUT2D eigenvalue weighted by Gasteiger charge is 2.31. The summed E-state index contributed by atoms with van der Waals surface area (Å²) in [4.78, 5) is 0. The largest absolute Gasteiger partial charge is 0.389 e. The Morgan fingerprint density at radius 2 is 1.63 bits per heavy atom. The van der Waals surface area contributed by atoms with Crippen LogP contribution < -0.4 is 5.32 Å². The van der Waals surface area contributed by atoms with Gasteiger partial charge in [-0.15, -0.1) is 0 Å². The Bertz CT molecular complexity index is 231. The predicted molar refractivity (Wildman–Crippen MR) is 82.4 cm³/mol. The van der Waals surface area contributed by atoms with E-state index in [0.717, 1.165) is 13.0 Å². The highest BCUT2D eigenvalue weighted by atomic mass is 16.5. The number of hydrogen-bond acceptors (Lipinski definition) is 3. The van der Waals surface area contributed by atoms with Crippen molar-refractivity contribution >= 4 is 0 Å². The first-order chi connectivity index (χ1) is 8.56. The standard InChI is InChI=1S/C16H35NO2/c1-13(2)11-19-12-14(18)10-17-9-8-16(6,7)15(3,4)5/h13-14,17-18H,8-12H2,1-7H3. The monoisotopic (exact) mass is 273 g/mol. The van der Waals surface area contributed by atoms with Crippen LogP contribution >= 0.6 is 0 Å². The van der Waals surface area contributed by atoms with Crippen LogP contribution in [0.1, 0.15) is 54.9 Å². The fraction of sp³-hybridized carbons (Fsp3) is 1.00. The average molecular weight is 273 g/mol. The van der Waals surface area contributed by atoms with Gasteiger partial charge in [0.15, 0.2) is 0 Å². The van der Waals surface area contributed by atoms with Crippen molar-refractivity contribution in [1.82, 2.24) is 5.32 Å². The molecule has 0 aromatic rings. The maximum absolute atomic E-state index is 9.76. The second-order valence-corrected chi connectivity index (χ2v) is 7.67. The molecule has 116 valence electrons. The molecule has 2 N–H and O–H groups in total. The summed E-state index contributed by atoms with van der Waals surface area (Å²) in [5.41, 5.74) is 0.590. The Kier molecular flexibility index (Phi) is 8.18. The van der Waals surface area contributed by atoms with E-state index >= 15 is 0 Å². The molecule has 19 heavy (non-hydrogen) atoms. The Hall–Kier alpha value is -0.120. The van der Waals surface area contributed by atoms with Crippen LogP contribution in [-0.4, -0.2) is 37.5 Å². The van der Waals surface area contributed by atoms with Crippen LogP contribution in [0.3, 0.4) is 0 Å². The molecule has 0 saturated heterocycles. The Balaban J connectivity index is 3.69. The molecular weight excluding hydrogens is 238 g/mol. The number of aliphatic hydroxyl groups is 1. The molecule has 0 saturated carbocycles. The van der Waals surface area contributed by atoms with E-state index in [1.807, 2.05) is 0 Å². The predicted octanol–water partition coefficient (Wildman–Crippen LogP) is 3.07. The summed E-state index contributed by atoms with van der Waals surface area (Å²) in [5, 5.41) is 13.1. The number of nitrogens with one attached hydrogen (secondary N) is 1. The summed E-state index contributed by atoms with van der Waals surface area (Å²) in [6, 6.07) is 0. The first-order valence-electron chi connectivity index (χ1n) is 7.53. The van der Waals surface area contributed by atoms with Crippen LogP contribution in [0.2, 0.25) is 0 Å². The average Bonchev–Trinajstić information content (AvgIpc) is 2.22. The van der Waals surface area contributed by atoms with Crippen molar-refractivity contribution in [3.63, 3.8) is 0 Å². The molecule has 0 aliphatic heterocycles. The lowest BCUT2D eigenvalue weighted by Crippen LogP contribution is -2.36. The molecule has 0 heterocycles. The van der Waals surface area contributed by atoms with E-state index in [1.165, 1.54) is 0 Å². The van der Waals surface area contributed by atoms with Gasteiger partial charge in [0, 0.05) is 13.2 Å². The third kappa shape index (κ3) is 8.61. The van der Waals surface area contributed by atoms with Crippen molar-refractivity contribution in [2.75, 3.05) is 26.3 Å². The van der Waals surface area contributed by atoms with Gasteiger partial charge in [0.1, 0.15) is 0 Å². The van der Waals surface area contributed by atoms with Crippen LogP contribution in [0, 0.1) is 16.7 Å². The maximum atomic E-state index is 9.76. The molecule has 0 spiro atoms. The molecule has 3 heteroatoms. The molecular formula is C16H35NO2. The molecule has 0 aliphatic carbocycles. The zero-order valence-corrected chi connectivity index (χ0v) is 14.0. The molecule has 0 rings (SSSR count). The van der Waals surface area contributed by atoms with Gasteiger partial charge in [-0.2, -0.15) is 0 Å². The highest BCUT2D eigenvalue weighted by Crippen LogP contribution is 2.40. The van der Waals surface area contributed by atoms with Gasteiger partial charge in [-0.1, -0.05) is 48.5 Å². The Labute approximate surface area is 120 Å². The lowest BCUT2D eigenvalue weighted by Gasteiger charge is -2.39. The smallest absolute Gasteiger partial charge is 0.0897 e. The summed E-state index contributed by atoms with van der Waals surface area (Å²) < 4.78 is 5.42. The summed E-state index contributed by atoms with van der Waals surface area (Å²) in [5.74, 6) is 0.521. The van der Waals surface area contributed by atoms with Gasteiger partial charge < -0.3 is 15.2 Å². The number of rotatable bonds is 9. The summed E-state index contributed by atoms with van der Waals surface area (Å²) in [6.07, 6.45) is 0.701. The molecule has 0 aromatic carbocycles. The minimum Gasteiger partial charge on any atom is -0.389 e. The maximum Gasteiger partial charge on any atom is 0.0897 e. The zero-order valence-electron chi connectivity index (χ0n) is 14.0. The highest BCUT2D eigenvalue weighted by molar-refractivity contribution is 4.82. The molecule has 0 radical (unpaired) electrons. The van der Waals surface area contributed by atoms with Crippen LogP contribution in [0.15, 0.2) is 0 Å². The molecule has 0 aromatic heterocycles. The van der Waals surface area contributed by atoms with Crippen LogP contribution in [0.25, 0.3) is 0 Å². The number of aliphatic hydroxyl groups excluding tert-OH is 1. The zero-order chi connectivity index (χ0) is 15.1. The van der Waals surface area contributed by atoms with E-state index in [0.29, 0.717) is 36.5 Å². The molecule has 0 bridgehead atoms. The SMILES string of the molecule is CC(C)COCC(O)CNCCC(C)(C)C(C)(C)C. The van der Waals surface area contributed by atoms with Crippen molar-refractivity contribution < 1.29 is 9.84 Å². The lowest BCUT2D eigenvalue weighted by atomic mass is 9.67. The second kappa shape index (κ2) is 8.23. The minimum absolute atomic E-state index is 0.291. The number of ether oxygens (including phenoxy) is 1. The van der Waals surface area contributed by atoms with E-state index in [1.54, 1.807) is 0 Å². The van der Waals surface area contributed by atoms with E-state index in [9.17, 15) is 5.11 Å². The fourth-order valence-corrected chi connectivity index (χ4v) is 1.54. The van der Waals surface area contributed by atoms with E-state index < -0.39 is 6.10 Å². The lowest BCUT2D eigenvalue weighted by molar-refractivity contribution is 0.0253.